The van der Waals surface area contributed by atoms with E-state index in [9.17, 15) is 4.79 Å². The van der Waals surface area contributed by atoms with Crippen LogP contribution in [0.1, 0.15) is 15.9 Å². The van der Waals surface area contributed by atoms with E-state index < -0.39 is 0 Å². The molecule has 0 atom stereocenters. The lowest BCUT2D eigenvalue weighted by molar-refractivity contribution is 0.0957. The molecule has 0 bridgehead atoms. The summed E-state index contributed by atoms with van der Waals surface area (Å²) in [5.41, 5.74) is 4.89. The van der Waals surface area contributed by atoms with Gasteiger partial charge in [0.15, 0.2) is 0 Å². The molecule has 114 valence electrons. The number of aromatic amines is 1. The van der Waals surface area contributed by atoms with Crippen LogP contribution in [0, 0.1) is 0 Å². The van der Waals surface area contributed by atoms with Crippen molar-refractivity contribution in [3.63, 3.8) is 0 Å². The van der Waals surface area contributed by atoms with Crippen molar-refractivity contribution in [3.05, 3.63) is 77.0 Å². The van der Waals surface area contributed by atoms with E-state index >= 15 is 0 Å². The van der Waals surface area contributed by atoms with Gasteiger partial charge in [-0.25, -0.2) is 5.43 Å². The maximum Gasteiger partial charge on any atom is 0.273 e. The van der Waals surface area contributed by atoms with Crippen molar-refractivity contribution in [2.45, 2.75) is 0 Å². The van der Waals surface area contributed by atoms with Crippen molar-refractivity contribution in [1.82, 2.24) is 10.4 Å². The van der Waals surface area contributed by atoms with E-state index in [0.29, 0.717) is 10.6 Å². The number of carbonyl (C=O) groups is 1. The standard InChI is InChI=1S/C18H14ClN3O/c19-14(10-13-6-2-1-3-7-13)11-21-22-18(23)16-12-20-17-9-5-4-8-15(16)17/h1-12,20H,(H,22,23)/b14-10+,21-11+. The van der Waals surface area contributed by atoms with E-state index in [4.69, 9.17) is 11.6 Å². The van der Waals surface area contributed by atoms with Gasteiger partial charge in [-0.2, -0.15) is 5.10 Å². The number of rotatable bonds is 4. The first-order valence-electron chi connectivity index (χ1n) is 7.06. The molecule has 0 radical (unpaired) electrons. The van der Waals surface area contributed by atoms with Gasteiger partial charge in [-0.05, 0) is 17.7 Å². The highest BCUT2D eigenvalue weighted by Crippen LogP contribution is 2.17. The van der Waals surface area contributed by atoms with Crippen LogP contribution in [0.2, 0.25) is 0 Å². The lowest BCUT2D eigenvalue weighted by Gasteiger charge is -1.98. The van der Waals surface area contributed by atoms with Crippen LogP contribution in [0.15, 0.2) is 70.9 Å². The first kappa shape index (κ1) is 15.1. The average molecular weight is 324 g/mol. The van der Waals surface area contributed by atoms with Crippen molar-refractivity contribution in [2.75, 3.05) is 0 Å². The Morgan fingerprint density at radius 2 is 1.83 bits per heavy atom. The monoisotopic (exact) mass is 323 g/mol. The van der Waals surface area contributed by atoms with Crippen LogP contribution in [0.25, 0.3) is 17.0 Å². The summed E-state index contributed by atoms with van der Waals surface area (Å²) in [7, 11) is 0. The Balaban J connectivity index is 1.68. The molecule has 0 aliphatic heterocycles. The third kappa shape index (κ3) is 3.67. The molecule has 0 fully saturated rings. The Morgan fingerprint density at radius 3 is 2.65 bits per heavy atom. The number of benzene rings is 2. The summed E-state index contributed by atoms with van der Waals surface area (Å²) in [6.45, 7) is 0. The first-order valence-corrected chi connectivity index (χ1v) is 7.43. The van der Waals surface area contributed by atoms with Crippen molar-refractivity contribution in [3.8, 4) is 0 Å². The maximum atomic E-state index is 12.2. The number of nitrogens with zero attached hydrogens (tertiary/aromatic N) is 1. The number of para-hydroxylation sites is 1. The number of aromatic nitrogens is 1. The number of nitrogens with one attached hydrogen (secondary N) is 2. The van der Waals surface area contributed by atoms with E-state index in [1.165, 1.54) is 6.21 Å². The number of amides is 1. The lowest BCUT2D eigenvalue weighted by atomic mass is 10.2. The molecule has 2 N–H and O–H groups in total. The molecule has 0 saturated carbocycles. The van der Waals surface area contributed by atoms with E-state index in [2.05, 4.69) is 15.5 Å². The van der Waals surface area contributed by atoms with Gasteiger partial charge >= 0.3 is 0 Å². The highest BCUT2D eigenvalue weighted by molar-refractivity contribution is 6.41. The zero-order chi connectivity index (χ0) is 16.1. The number of hydrogen-bond acceptors (Lipinski definition) is 2. The normalized spacial score (nSPS) is 12.0. The number of carbonyl (C=O) groups excluding carboxylic acids is 1. The molecule has 3 aromatic rings. The molecule has 23 heavy (non-hydrogen) atoms. The van der Waals surface area contributed by atoms with Crippen LogP contribution in [-0.4, -0.2) is 17.1 Å². The van der Waals surface area contributed by atoms with Crippen LogP contribution >= 0.6 is 11.6 Å². The smallest absolute Gasteiger partial charge is 0.273 e. The van der Waals surface area contributed by atoms with Gasteiger partial charge in [0, 0.05) is 17.1 Å². The van der Waals surface area contributed by atoms with Gasteiger partial charge < -0.3 is 4.98 Å². The van der Waals surface area contributed by atoms with Crippen molar-refractivity contribution in [1.29, 1.82) is 0 Å². The first-order chi connectivity index (χ1) is 11.2. The zero-order valence-corrected chi connectivity index (χ0v) is 12.9. The van der Waals surface area contributed by atoms with Gasteiger partial charge in [0.25, 0.3) is 5.91 Å². The van der Waals surface area contributed by atoms with Crippen molar-refractivity contribution < 1.29 is 4.79 Å². The van der Waals surface area contributed by atoms with Gasteiger partial charge in [0.1, 0.15) is 0 Å². The van der Waals surface area contributed by atoms with Crippen molar-refractivity contribution in [2.24, 2.45) is 5.10 Å². The molecule has 1 aromatic heterocycles. The number of fused-ring (bicyclic) bond motifs is 1. The third-order valence-electron chi connectivity index (χ3n) is 3.29. The summed E-state index contributed by atoms with van der Waals surface area (Å²) in [6.07, 6.45) is 4.83. The van der Waals surface area contributed by atoms with Gasteiger partial charge in [-0.15, -0.1) is 0 Å². The Morgan fingerprint density at radius 1 is 1.09 bits per heavy atom. The summed E-state index contributed by atoms with van der Waals surface area (Å²) >= 11 is 6.07. The summed E-state index contributed by atoms with van der Waals surface area (Å²) in [5, 5.41) is 5.17. The molecule has 0 spiro atoms. The van der Waals surface area contributed by atoms with E-state index in [0.717, 1.165) is 16.5 Å². The number of allylic oxidation sites excluding steroid dienone is 1. The molecule has 1 heterocycles. The third-order valence-corrected chi connectivity index (χ3v) is 3.50. The predicted octanol–water partition coefficient (Wildman–Crippen LogP) is 4.16. The molecule has 2 aromatic carbocycles. The number of halogens is 1. The molecule has 0 aliphatic carbocycles. The van der Waals surface area contributed by atoms with E-state index in [-0.39, 0.29) is 5.91 Å². The summed E-state index contributed by atoms with van der Waals surface area (Å²) in [4.78, 5) is 15.2. The number of hydrogen-bond donors (Lipinski definition) is 2. The van der Waals surface area contributed by atoms with Crippen molar-refractivity contribution >= 4 is 40.7 Å². The summed E-state index contributed by atoms with van der Waals surface area (Å²) in [6, 6.07) is 17.2. The summed E-state index contributed by atoms with van der Waals surface area (Å²) in [5.74, 6) is -0.289. The zero-order valence-electron chi connectivity index (χ0n) is 12.2. The minimum Gasteiger partial charge on any atom is -0.360 e. The maximum absolute atomic E-state index is 12.2. The second kappa shape index (κ2) is 6.94. The molecule has 0 aliphatic rings. The second-order valence-corrected chi connectivity index (χ2v) is 5.32. The fourth-order valence-corrected chi connectivity index (χ4v) is 2.39. The van der Waals surface area contributed by atoms with Gasteiger partial charge in [-0.1, -0.05) is 60.1 Å². The molecule has 5 heteroatoms. The summed E-state index contributed by atoms with van der Waals surface area (Å²) < 4.78 is 0. The van der Waals surface area contributed by atoms with Crippen LogP contribution in [0.5, 0.6) is 0 Å². The predicted molar refractivity (Wildman–Crippen MR) is 94.5 cm³/mol. The van der Waals surface area contributed by atoms with E-state index in [1.807, 2.05) is 54.6 Å². The highest BCUT2D eigenvalue weighted by Gasteiger charge is 2.10. The fraction of sp³-hybridized carbons (Fsp3) is 0. The molecular formula is C18H14ClN3O. The average Bonchev–Trinajstić information content (AvgIpc) is 3.00. The highest BCUT2D eigenvalue weighted by atomic mass is 35.5. The minimum absolute atomic E-state index is 0.289. The Labute approximate surface area is 138 Å². The Kier molecular flexibility index (Phi) is 4.54. The lowest BCUT2D eigenvalue weighted by Crippen LogP contribution is -2.17. The molecule has 0 saturated heterocycles. The van der Waals surface area contributed by atoms with Gasteiger partial charge in [-0.3, -0.25) is 4.79 Å². The topological polar surface area (TPSA) is 57.2 Å². The quantitative estimate of drug-likeness (QED) is 0.549. The van der Waals surface area contributed by atoms with Gasteiger partial charge in [0.2, 0.25) is 0 Å². The largest absolute Gasteiger partial charge is 0.360 e. The van der Waals surface area contributed by atoms with Crippen LogP contribution < -0.4 is 5.43 Å². The number of hydrazone groups is 1. The van der Waals surface area contributed by atoms with Crippen LogP contribution in [-0.2, 0) is 0 Å². The minimum atomic E-state index is -0.289. The second-order valence-electron chi connectivity index (χ2n) is 4.89. The van der Waals surface area contributed by atoms with E-state index in [1.54, 1.807) is 12.3 Å². The van der Waals surface area contributed by atoms with Crippen LogP contribution in [0.3, 0.4) is 0 Å². The van der Waals surface area contributed by atoms with Gasteiger partial charge in [0.05, 0.1) is 16.8 Å². The van der Waals surface area contributed by atoms with Crippen LogP contribution in [0.4, 0.5) is 0 Å². The molecule has 4 nitrogen and oxygen atoms in total. The Hall–Kier alpha value is -2.85. The molecule has 3 rings (SSSR count). The fourth-order valence-electron chi connectivity index (χ4n) is 2.22. The molecule has 0 unspecified atom stereocenters. The number of H-pyrrole nitrogens is 1. The molecule has 1 amide bonds. The Bertz CT molecular complexity index is 881. The SMILES string of the molecule is O=C(N/N=C/C(Cl)=C\c1ccccc1)c1c[nH]c2ccccc12. The molecular weight excluding hydrogens is 310 g/mol.